The average molecular weight is 290 g/mol. The highest BCUT2D eigenvalue weighted by Gasteiger charge is 2.15. The number of aromatic amines is 1. The van der Waals surface area contributed by atoms with Crippen LogP contribution in [0.5, 0.6) is 0 Å². The molecule has 0 spiro atoms. The lowest BCUT2D eigenvalue weighted by molar-refractivity contribution is 0.0692. The maximum absolute atomic E-state index is 13.6. The van der Waals surface area contributed by atoms with E-state index < -0.39 is 11.8 Å². The summed E-state index contributed by atoms with van der Waals surface area (Å²) < 4.78 is 13.6. The van der Waals surface area contributed by atoms with Gasteiger partial charge in [0.15, 0.2) is 0 Å². The molecule has 20 heavy (non-hydrogen) atoms. The number of thiophene rings is 1. The van der Waals surface area contributed by atoms with Gasteiger partial charge in [-0.1, -0.05) is 0 Å². The maximum Gasteiger partial charge on any atom is 0.338 e. The van der Waals surface area contributed by atoms with E-state index >= 15 is 0 Å². The lowest BCUT2D eigenvalue weighted by atomic mass is 10.2. The molecule has 0 radical (unpaired) electrons. The second kappa shape index (κ2) is 4.42. The Kier molecular flexibility index (Phi) is 2.83. The molecular formula is C14H11FN2O2S. The van der Waals surface area contributed by atoms with Gasteiger partial charge in [-0.05, 0) is 31.5 Å². The Hall–Kier alpha value is -2.21. The summed E-state index contributed by atoms with van der Waals surface area (Å²) in [6.07, 6.45) is 0. The Morgan fingerprint density at radius 3 is 2.70 bits per heavy atom. The van der Waals surface area contributed by atoms with Crippen molar-refractivity contribution in [2.45, 2.75) is 13.8 Å². The number of carboxylic acids is 1. The molecule has 0 saturated heterocycles. The number of aryl methyl sites for hydroxylation is 2. The van der Waals surface area contributed by atoms with Gasteiger partial charge in [-0.25, -0.2) is 14.2 Å². The Morgan fingerprint density at radius 2 is 2.10 bits per heavy atom. The number of benzene rings is 1. The van der Waals surface area contributed by atoms with Crippen LogP contribution in [0, 0.1) is 19.7 Å². The molecule has 1 aromatic carbocycles. The van der Waals surface area contributed by atoms with Crippen LogP contribution in [0.1, 0.15) is 20.8 Å². The van der Waals surface area contributed by atoms with E-state index in [0.29, 0.717) is 16.9 Å². The number of carbonyl (C=O) groups is 1. The van der Waals surface area contributed by atoms with E-state index in [1.54, 1.807) is 11.3 Å². The molecule has 4 nitrogen and oxygen atoms in total. The van der Waals surface area contributed by atoms with Crippen molar-refractivity contribution in [3.05, 3.63) is 40.0 Å². The predicted octanol–water partition coefficient (Wildman–Crippen LogP) is 3.75. The van der Waals surface area contributed by atoms with E-state index in [-0.39, 0.29) is 5.56 Å². The molecule has 0 amide bonds. The minimum absolute atomic E-state index is 0.367. The lowest BCUT2D eigenvalue weighted by Crippen LogP contribution is -1.99. The summed E-state index contributed by atoms with van der Waals surface area (Å²) in [7, 11) is 0. The summed E-state index contributed by atoms with van der Waals surface area (Å²) in [6.45, 7) is 4.04. The highest BCUT2D eigenvalue weighted by Crippen LogP contribution is 2.30. The number of fused-ring (bicyclic) bond motifs is 1. The molecule has 2 heterocycles. The van der Waals surface area contributed by atoms with Crippen molar-refractivity contribution in [2.24, 2.45) is 0 Å². The minimum atomic E-state index is -1.29. The molecule has 2 aromatic heterocycles. The van der Waals surface area contributed by atoms with Crippen LogP contribution in [-0.2, 0) is 0 Å². The van der Waals surface area contributed by atoms with E-state index in [0.717, 1.165) is 4.88 Å². The molecule has 6 heteroatoms. The number of hydrogen-bond acceptors (Lipinski definition) is 3. The van der Waals surface area contributed by atoms with Gasteiger partial charge in [0.25, 0.3) is 0 Å². The number of aromatic carboxylic acids is 1. The van der Waals surface area contributed by atoms with Crippen molar-refractivity contribution in [2.75, 3.05) is 0 Å². The number of H-pyrrole nitrogens is 1. The quantitative estimate of drug-likeness (QED) is 0.755. The molecule has 0 aliphatic heterocycles. The average Bonchev–Trinajstić information content (AvgIpc) is 2.92. The standard InChI is InChI=1S/C14H11FN2O2S/c1-6-3-12(20-7(6)2)13-16-10-4-8(14(18)19)9(15)5-11(10)17-13/h3-5H,1-2H3,(H,16,17)(H,18,19). The molecule has 3 aromatic rings. The molecular weight excluding hydrogens is 279 g/mol. The normalized spacial score (nSPS) is 11.2. The molecule has 0 bridgehead atoms. The SMILES string of the molecule is Cc1cc(-c2nc3cc(C(=O)O)c(F)cc3[nH]2)sc1C. The second-order valence-corrected chi connectivity index (χ2v) is 5.85. The third kappa shape index (κ3) is 1.98. The van der Waals surface area contributed by atoms with Crippen LogP contribution in [0.25, 0.3) is 21.7 Å². The molecule has 0 unspecified atom stereocenters. The molecule has 2 N–H and O–H groups in total. The third-order valence-electron chi connectivity index (χ3n) is 3.20. The van der Waals surface area contributed by atoms with Gasteiger partial charge in [-0.15, -0.1) is 11.3 Å². The smallest absolute Gasteiger partial charge is 0.338 e. The number of aromatic nitrogens is 2. The highest BCUT2D eigenvalue weighted by atomic mass is 32.1. The van der Waals surface area contributed by atoms with Crippen LogP contribution >= 0.6 is 11.3 Å². The Bertz CT molecular complexity index is 816. The van der Waals surface area contributed by atoms with Gasteiger partial charge in [-0.3, -0.25) is 0 Å². The fourth-order valence-corrected chi connectivity index (χ4v) is 2.98. The Morgan fingerprint density at radius 1 is 1.35 bits per heavy atom. The first kappa shape index (κ1) is 12.8. The zero-order valence-electron chi connectivity index (χ0n) is 10.8. The Labute approximate surface area is 117 Å². The van der Waals surface area contributed by atoms with Crippen LogP contribution in [0.2, 0.25) is 0 Å². The monoisotopic (exact) mass is 290 g/mol. The second-order valence-electron chi connectivity index (χ2n) is 4.59. The van der Waals surface area contributed by atoms with Crippen molar-refractivity contribution in [1.29, 1.82) is 0 Å². The molecule has 0 fully saturated rings. The van der Waals surface area contributed by atoms with Gasteiger partial charge < -0.3 is 10.1 Å². The number of nitrogens with zero attached hydrogens (tertiary/aromatic N) is 1. The molecule has 102 valence electrons. The molecule has 3 rings (SSSR count). The van der Waals surface area contributed by atoms with Gasteiger partial charge in [0.05, 0.1) is 21.5 Å². The first-order valence-electron chi connectivity index (χ1n) is 5.95. The molecule has 0 aliphatic rings. The first-order chi connectivity index (χ1) is 9.45. The fourth-order valence-electron chi connectivity index (χ4n) is 2.00. The van der Waals surface area contributed by atoms with Crippen LogP contribution in [0.15, 0.2) is 18.2 Å². The van der Waals surface area contributed by atoms with Gasteiger partial charge >= 0.3 is 5.97 Å². The summed E-state index contributed by atoms with van der Waals surface area (Å²) >= 11 is 1.59. The summed E-state index contributed by atoms with van der Waals surface area (Å²) in [5, 5.41) is 8.91. The Balaban J connectivity index is 2.17. The van der Waals surface area contributed by atoms with E-state index in [2.05, 4.69) is 9.97 Å². The van der Waals surface area contributed by atoms with Crippen molar-refractivity contribution in [3.63, 3.8) is 0 Å². The minimum Gasteiger partial charge on any atom is -0.478 e. The maximum atomic E-state index is 13.6. The number of halogens is 1. The van der Waals surface area contributed by atoms with E-state index in [4.69, 9.17) is 5.11 Å². The van der Waals surface area contributed by atoms with Crippen molar-refractivity contribution in [1.82, 2.24) is 9.97 Å². The molecule has 0 saturated carbocycles. The van der Waals surface area contributed by atoms with Crippen molar-refractivity contribution in [3.8, 4) is 10.7 Å². The zero-order valence-corrected chi connectivity index (χ0v) is 11.6. The summed E-state index contributed by atoms with van der Waals surface area (Å²) in [4.78, 5) is 20.4. The van der Waals surface area contributed by atoms with Crippen LogP contribution in [0.3, 0.4) is 0 Å². The lowest BCUT2D eigenvalue weighted by Gasteiger charge is -1.95. The highest BCUT2D eigenvalue weighted by molar-refractivity contribution is 7.15. The molecule has 0 atom stereocenters. The van der Waals surface area contributed by atoms with Gasteiger partial charge in [0.1, 0.15) is 11.6 Å². The largest absolute Gasteiger partial charge is 0.478 e. The zero-order chi connectivity index (χ0) is 14.4. The van der Waals surface area contributed by atoms with Crippen molar-refractivity contribution < 1.29 is 14.3 Å². The summed E-state index contributed by atoms with van der Waals surface area (Å²) in [6, 6.07) is 4.43. The van der Waals surface area contributed by atoms with Crippen molar-refractivity contribution >= 4 is 28.3 Å². The van der Waals surface area contributed by atoms with E-state index in [9.17, 15) is 9.18 Å². The first-order valence-corrected chi connectivity index (χ1v) is 6.77. The van der Waals surface area contributed by atoms with E-state index in [1.807, 2.05) is 19.9 Å². The van der Waals surface area contributed by atoms with Gasteiger partial charge in [0, 0.05) is 10.9 Å². The number of nitrogens with one attached hydrogen (secondary N) is 1. The number of rotatable bonds is 2. The van der Waals surface area contributed by atoms with E-state index in [1.165, 1.54) is 22.6 Å². The number of imidazole rings is 1. The summed E-state index contributed by atoms with van der Waals surface area (Å²) in [5.74, 6) is -1.43. The topological polar surface area (TPSA) is 66.0 Å². The van der Waals surface area contributed by atoms with Gasteiger partial charge in [0.2, 0.25) is 0 Å². The van der Waals surface area contributed by atoms with Crippen LogP contribution < -0.4 is 0 Å². The predicted molar refractivity (Wildman–Crippen MR) is 75.8 cm³/mol. The van der Waals surface area contributed by atoms with Gasteiger partial charge in [-0.2, -0.15) is 0 Å². The van der Waals surface area contributed by atoms with Crippen LogP contribution in [-0.4, -0.2) is 21.0 Å². The number of hydrogen-bond donors (Lipinski definition) is 2. The summed E-state index contributed by atoms with van der Waals surface area (Å²) in [5.41, 5.74) is 1.74. The molecule has 0 aliphatic carbocycles. The van der Waals surface area contributed by atoms with Crippen LogP contribution in [0.4, 0.5) is 4.39 Å². The fraction of sp³-hybridized carbons (Fsp3) is 0.143. The third-order valence-corrected chi connectivity index (χ3v) is 4.36. The number of carboxylic acid groups (broad SMARTS) is 1.